The van der Waals surface area contributed by atoms with Crippen LogP contribution in [0, 0.1) is 0 Å². The summed E-state index contributed by atoms with van der Waals surface area (Å²) in [6.07, 6.45) is -5.38. The topological polar surface area (TPSA) is 44.5 Å². The van der Waals surface area contributed by atoms with E-state index in [0.717, 1.165) is 0 Å². The van der Waals surface area contributed by atoms with Gasteiger partial charge in [-0.15, -0.1) is 0 Å². The molecule has 0 heterocycles. The number of ether oxygens (including phenoxy) is 2. The third-order valence-corrected chi connectivity index (χ3v) is 2.25. The number of alkyl halides is 3. The third-order valence-electron chi connectivity index (χ3n) is 2.25. The number of benzene rings is 1. The molecule has 0 unspecified atom stereocenters. The number of nitrogens with two attached hydrogens (primary N) is 1. The molecule has 1 aromatic carbocycles. The van der Waals surface area contributed by atoms with Crippen molar-refractivity contribution in [2.24, 2.45) is 5.73 Å². The first-order valence-corrected chi connectivity index (χ1v) is 4.91. The van der Waals surface area contributed by atoms with E-state index in [2.05, 4.69) is 0 Å². The van der Waals surface area contributed by atoms with Crippen LogP contribution < -0.4 is 15.2 Å². The number of halogens is 3. The molecule has 0 saturated heterocycles. The van der Waals surface area contributed by atoms with E-state index in [1.165, 1.54) is 26.4 Å². The van der Waals surface area contributed by atoms with Gasteiger partial charge in [0.1, 0.15) is 11.5 Å². The molecular weight excluding hydrogens is 235 g/mol. The fourth-order valence-electron chi connectivity index (χ4n) is 1.41. The lowest BCUT2D eigenvalue weighted by molar-refractivity contribution is -0.138. The van der Waals surface area contributed by atoms with Gasteiger partial charge in [-0.3, -0.25) is 0 Å². The Morgan fingerprint density at radius 3 is 1.94 bits per heavy atom. The minimum Gasteiger partial charge on any atom is -0.497 e. The molecule has 0 bridgehead atoms. The Morgan fingerprint density at radius 1 is 1.12 bits per heavy atom. The molecule has 96 valence electrons. The molecule has 3 nitrogen and oxygen atoms in total. The van der Waals surface area contributed by atoms with Gasteiger partial charge in [0.2, 0.25) is 0 Å². The summed E-state index contributed by atoms with van der Waals surface area (Å²) in [4.78, 5) is 0. The number of rotatable bonds is 4. The van der Waals surface area contributed by atoms with Crippen molar-refractivity contribution in [2.75, 3.05) is 14.2 Å². The highest BCUT2D eigenvalue weighted by Gasteiger charge is 2.31. The Hall–Kier alpha value is -1.43. The van der Waals surface area contributed by atoms with E-state index in [4.69, 9.17) is 15.2 Å². The van der Waals surface area contributed by atoms with Crippen LogP contribution in [0.2, 0.25) is 0 Å². The fourth-order valence-corrected chi connectivity index (χ4v) is 1.41. The maximum absolute atomic E-state index is 12.2. The molecule has 0 aliphatic carbocycles. The second kappa shape index (κ2) is 5.27. The van der Waals surface area contributed by atoms with Crippen molar-refractivity contribution in [3.8, 4) is 11.5 Å². The van der Waals surface area contributed by atoms with Crippen LogP contribution >= 0.6 is 0 Å². The maximum atomic E-state index is 12.2. The third kappa shape index (κ3) is 4.14. The molecule has 1 aromatic rings. The highest BCUT2D eigenvalue weighted by Crippen LogP contribution is 2.31. The van der Waals surface area contributed by atoms with E-state index < -0.39 is 18.6 Å². The number of hydrogen-bond acceptors (Lipinski definition) is 3. The first-order valence-electron chi connectivity index (χ1n) is 4.91. The summed E-state index contributed by atoms with van der Waals surface area (Å²) in [6, 6.07) is 3.39. The molecule has 1 atom stereocenters. The second-order valence-corrected chi connectivity index (χ2v) is 3.57. The molecule has 0 spiro atoms. The molecule has 0 radical (unpaired) electrons. The Morgan fingerprint density at radius 2 is 1.59 bits per heavy atom. The van der Waals surface area contributed by atoms with Gasteiger partial charge in [-0.2, -0.15) is 13.2 Å². The van der Waals surface area contributed by atoms with E-state index >= 15 is 0 Å². The normalized spacial score (nSPS) is 13.3. The summed E-state index contributed by atoms with van der Waals surface area (Å²) in [6.45, 7) is 0. The van der Waals surface area contributed by atoms with Gasteiger partial charge in [0.15, 0.2) is 0 Å². The zero-order valence-electron chi connectivity index (χ0n) is 9.54. The van der Waals surface area contributed by atoms with Crippen molar-refractivity contribution in [1.82, 2.24) is 0 Å². The first-order chi connectivity index (χ1) is 7.85. The molecule has 0 amide bonds. The van der Waals surface area contributed by atoms with Crippen molar-refractivity contribution < 1.29 is 22.6 Å². The molecule has 0 aromatic heterocycles. The standard InChI is InChI=1S/C11H14F3NO2/c1-16-8-3-7(4-9(5-8)17-2)10(15)6-11(12,13)14/h3-5,10H,6,15H2,1-2H3/t10-/m0/s1. The molecule has 0 fully saturated rings. The van der Waals surface area contributed by atoms with Gasteiger partial charge in [0, 0.05) is 12.1 Å². The minimum atomic E-state index is -4.30. The van der Waals surface area contributed by atoms with E-state index in [0.29, 0.717) is 17.1 Å². The quantitative estimate of drug-likeness (QED) is 0.892. The van der Waals surface area contributed by atoms with E-state index in [1.54, 1.807) is 6.07 Å². The zero-order valence-corrected chi connectivity index (χ0v) is 9.54. The summed E-state index contributed by atoms with van der Waals surface area (Å²) < 4.78 is 46.6. The molecule has 2 N–H and O–H groups in total. The monoisotopic (exact) mass is 249 g/mol. The van der Waals surface area contributed by atoms with Crippen molar-refractivity contribution in [3.05, 3.63) is 23.8 Å². The molecular formula is C11H14F3NO2. The first kappa shape index (κ1) is 13.6. The summed E-state index contributed by atoms with van der Waals surface area (Å²) >= 11 is 0. The molecule has 0 saturated carbocycles. The Kier molecular flexibility index (Phi) is 4.22. The van der Waals surface area contributed by atoms with Gasteiger partial charge in [0.25, 0.3) is 0 Å². The van der Waals surface area contributed by atoms with E-state index in [1.807, 2.05) is 0 Å². The predicted molar refractivity (Wildman–Crippen MR) is 57.1 cm³/mol. The lowest BCUT2D eigenvalue weighted by Gasteiger charge is -2.16. The fraction of sp³-hybridized carbons (Fsp3) is 0.455. The van der Waals surface area contributed by atoms with E-state index in [-0.39, 0.29) is 0 Å². The number of methoxy groups -OCH3 is 2. The zero-order chi connectivity index (χ0) is 13.1. The molecule has 1 rings (SSSR count). The molecule has 0 aliphatic rings. The van der Waals surface area contributed by atoms with Crippen molar-refractivity contribution in [2.45, 2.75) is 18.6 Å². The molecule has 17 heavy (non-hydrogen) atoms. The second-order valence-electron chi connectivity index (χ2n) is 3.57. The van der Waals surface area contributed by atoms with Gasteiger partial charge >= 0.3 is 6.18 Å². The lowest BCUT2D eigenvalue weighted by atomic mass is 10.0. The van der Waals surface area contributed by atoms with Crippen molar-refractivity contribution in [1.29, 1.82) is 0 Å². The Balaban J connectivity index is 2.96. The summed E-state index contributed by atoms with van der Waals surface area (Å²) in [5.41, 5.74) is 5.83. The van der Waals surface area contributed by atoms with Crippen molar-refractivity contribution >= 4 is 0 Å². The summed E-state index contributed by atoms with van der Waals surface area (Å²) in [7, 11) is 2.85. The van der Waals surface area contributed by atoms with Gasteiger partial charge in [0.05, 0.1) is 20.6 Å². The largest absolute Gasteiger partial charge is 0.497 e. The van der Waals surface area contributed by atoms with Crippen LogP contribution in [0.25, 0.3) is 0 Å². The van der Waals surface area contributed by atoms with Crippen molar-refractivity contribution in [3.63, 3.8) is 0 Å². The maximum Gasteiger partial charge on any atom is 0.390 e. The highest BCUT2D eigenvalue weighted by molar-refractivity contribution is 5.39. The van der Waals surface area contributed by atoms with Gasteiger partial charge in [-0.1, -0.05) is 0 Å². The Bertz CT molecular complexity index is 357. The lowest BCUT2D eigenvalue weighted by Crippen LogP contribution is -2.20. The Labute approximate surface area is 97.3 Å². The minimum absolute atomic E-state index is 0.332. The summed E-state index contributed by atoms with van der Waals surface area (Å²) in [5, 5.41) is 0. The smallest absolute Gasteiger partial charge is 0.390 e. The average molecular weight is 249 g/mol. The van der Waals surface area contributed by atoms with Crippen LogP contribution in [0.4, 0.5) is 13.2 Å². The van der Waals surface area contributed by atoms with Gasteiger partial charge in [-0.25, -0.2) is 0 Å². The summed E-state index contributed by atoms with van der Waals surface area (Å²) in [5.74, 6) is 0.828. The van der Waals surface area contributed by atoms with Crippen LogP contribution in [0.3, 0.4) is 0 Å². The number of hydrogen-bond donors (Lipinski definition) is 1. The van der Waals surface area contributed by atoms with Gasteiger partial charge < -0.3 is 15.2 Å². The van der Waals surface area contributed by atoms with Crippen LogP contribution in [-0.4, -0.2) is 20.4 Å². The van der Waals surface area contributed by atoms with Crippen LogP contribution in [-0.2, 0) is 0 Å². The molecule has 0 aliphatic heterocycles. The van der Waals surface area contributed by atoms with Crippen LogP contribution in [0.15, 0.2) is 18.2 Å². The predicted octanol–water partition coefficient (Wildman–Crippen LogP) is 2.66. The van der Waals surface area contributed by atoms with Crippen LogP contribution in [0.1, 0.15) is 18.0 Å². The van der Waals surface area contributed by atoms with E-state index in [9.17, 15) is 13.2 Å². The average Bonchev–Trinajstić information content (AvgIpc) is 2.26. The highest BCUT2D eigenvalue weighted by atomic mass is 19.4. The SMILES string of the molecule is COc1cc(OC)cc([C@@H](N)CC(F)(F)F)c1. The molecule has 6 heteroatoms. The van der Waals surface area contributed by atoms with Gasteiger partial charge in [-0.05, 0) is 17.7 Å². The van der Waals surface area contributed by atoms with Crippen LogP contribution in [0.5, 0.6) is 11.5 Å².